The van der Waals surface area contributed by atoms with Gasteiger partial charge in [-0.15, -0.1) is 0 Å². The zero-order valence-corrected chi connectivity index (χ0v) is 12.6. The first-order chi connectivity index (χ1) is 10.2. The molecule has 3 heteroatoms. The normalized spacial score (nSPS) is 12.5. The SMILES string of the molecule is CNC(c1ccc2ccccc2c1)c1cc(C)nnc1C. The van der Waals surface area contributed by atoms with Crippen LogP contribution in [0.25, 0.3) is 10.8 Å². The molecule has 0 bridgehead atoms. The van der Waals surface area contributed by atoms with E-state index in [1.807, 2.05) is 20.9 Å². The third-order valence-corrected chi connectivity index (χ3v) is 3.85. The summed E-state index contributed by atoms with van der Waals surface area (Å²) in [5.74, 6) is 0. The van der Waals surface area contributed by atoms with Crippen molar-refractivity contribution < 1.29 is 0 Å². The fourth-order valence-electron chi connectivity index (χ4n) is 2.75. The third-order valence-electron chi connectivity index (χ3n) is 3.85. The minimum absolute atomic E-state index is 0.129. The number of fused-ring (bicyclic) bond motifs is 1. The van der Waals surface area contributed by atoms with Crippen LogP contribution >= 0.6 is 0 Å². The second-order valence-corrected chi connectivity index (χ2v) is 5.35. The van der Waals surface area contributed by atoms with Crippen molar-refractivity contribution >= 4 is 10.8 Å². The fourth-order valence-corrected chi connectivity index (χ4v) is 2.75. The van der Waals surface area contributed by atoms with E-state index in [1.54, 1.807) is 0 Å². The highest BCUT2D eigenvalue weighted by atomic mass is 15.1. The van der Waals surface area contributed by atoms with Crippen molar-refractivity contribution in [2.24, 2.45) is 0 Å². The zero-order valence-electron chi connectivity index (χ0n) is 12.6. The molecule has 0 fully saturated rings. The van der Waals surface area contributed by atoms with E-state index in [-0.39, 0.29) is 6.04 Å². The number of benzene rings is 2. The van der Waals surface area contributed by atoms with Crippen LogP contribution in [0.1, 0.15) is 28.6 Å². The zero-order chi connectivity index (χ0) is 14.8. The van der Waals surface area contributed by atoms with E-state index in [9.17, 15) is 0 Å². The average molecular weight is 277 g/mol. The molecule has 0 saturated carbocycles. The molecule has 106 valence electrons. The number of hydrogen-bond donors (Lipinski definition) is 1. The molecule has 1 aromatic heterocycles. The summed E-state index contributed by atoms with van der Waals surface area (Å²) in [6.45, 7) is 3.98. The Morgan fingerprint density at radius 1 is 0.905 bits per heavy atom. The van der Waals surface area contributed by atoms with Gasteiger partial charge in [-0.1, -0.05) is 36.4 Å². The van der Waals surface area contributed by atoms with Crippen molar-refractivity contribution in [2.45, 2.75) is 19.9 Å². The van der Waals surface area contributed by atoms with Gasteiger partial charge in [0.05, 0.1) is 17.4 Å². The Balaban J connectivity index is 2.11. The highest BCUT2D eigenvalue weighted by Crippen LogP contribution is 2.26. The van der Waals surface area contributed by atoms with Crippen LogP contribution in [0.4, 0.5) is 0 Å². The molecule has 3 nitrogen and oxygen atoms in total. The van der Waals surface area contributed by atoms with Crippen molar-refractivity contribution in [3.05, 3.63) is 71.0 Å². The van der Waals surface area contributed by atoms with Crippen molar-refractivity contribution in [2.75, 3.05) is 7.05 Å². The fraction of sp³-hybridized carbons (Fsp3) is 0.222. The number of hydrogen-bond acceptors (Lipinski definition) is 3. The lowest BCUT2D eigenvalue weighted by molar-refractivity contribution is 0.676. The Labute approximate surface area is 125 Å². The number of nitrogens with one attached hydrogen (secondary N) is 1. The summed E-state index contributed by atoms with van der Waals surface area (Å²) < 4.78 is 0. The first kappa shape index (κ1) is 13.7. The molecule has 0 radical (unpaired) electrons. The molecule has 2 aromatic carbocycles. The number of rotatable bonds is 3. The summed E-state index contributed by atoms with van der Waals surface area (Å²) in [6.07, 6.45) is 0. The topological polar surface area (TPSA) is 37.8 Å². The molecular formula is C18H19N3. The van der Waals surface area contributed by atoms with Gasteiger partial charge in [-0.3, -0.25) is 0 Å². The van der Waals surface area contributed by atoms with Crippen molar-refractivity contribution in [3.63, 3.8) is 0 Å². The smallest absolute Gasteiger partial charge is 0.0651 e. The van der Waals surface area contributed by atoms with Crippen LogP contribution in [0, 0.1) is 13.8 Å². The van der Waals surface area contributed by atoms with Crippen LogP contribution in [-0.4, -0.2) is 17.2 Å². The number of nitrogens with zero attached hydrogens (tertiary/aromatic N) is 2. The van der Waals surface area contributed by atoms with Gasteiger partial charge in [0.15, 0.2) is 0 Å². The van der Waals surface area contributed by atoms with Gasteiger partial charge in [-0.05, 0) is 54.9 Å². The van der Waals surface area contributed by atoms with Gasteiger partial charge < -0.3 is 5.32 Å². The molecular weight excluding hydrogens is 258 g/mol. The predicted octanol–water partition coefficient (Wildman–Crippen LogP) is 3.56. The van der Waals surface area contributed by atoms with Gasteiger partial charge in [-0.25, -0.2) is 0 Å². The minimum atomic E-state index is 0.129. The van der Waals surface area contributed by atoms with Gasteiger partial charge in [0.1, 0.15) is 0 Å². The summed E-state index contributed by atoms with van der Waals surface area (Å²) in [6, 6.07) is 17.3. The second-order valence-electron chi connectivity index (χ2n) is 5.35. The number of aryl methyl sites for hydroxylation is 2. The van der Waals surface area contributed by atoms with Crippen LogP contribution in [0.5, 0.6) is 0 Å². The van der Waals surface area contributed by atoms with E-state index in [2.05, 4.69) is 64.0 Å². The molecule has 0 spiro atoms. The second kappa shape index (κ2) is 5.62. The maximum Gasteiger partial charge on any atom is 0.0651 e. The lowest BCUT2D eigenvalue weighted by atomic mass is 9.95. The Hall–Kier alpha value is -2.26. The van der Waals surface area contributed by atoms with Crippen molar-refractivity contribution in [1.29, 1.82) is 0 Å². The molecule has 0 aliphatic heterocycles. The molecule has 0 amide bonds. The predicted molar refractivity (Wildman–Crippen MR) is 86.4 cm³/mol. The Bertz CT molecular complexity index is 780. The average Bonchev–Trinajstić information content (AvgIpc) is 2.51. The van der Waals surface area contributed by atoms with Crippen LogP contribution < -0.4 is 5.32 Å². The van der Waals surface area contributed by atoms with E-state index in [0.29, 0.717) is 0 Å². The van der Waals surface area contributed by atoms with Gasteiger partial charge >= 0.3 is 0 Å². The molecule has 1 unspecified atom stereocenters. The van der Waals surface area contributed by atoms with Crippen molar-refractivity contribution in [1.82, 2.24) is 15.5 Å². The minimum Gasteiger partial charge on any atom is -0.309 e. The van der Waals surface area contributed by atoms with Crippen LogP contribution in [-0.2, 0) is 0 Å². The van der Waals surface area contributed by atoms with E-state index in [4.69, 9.17) is 0 Å². The van der Waals surface area contributed by atoms with Gasteiger partial charge in [0.25, 0.3) is 0 Å². The number of aromatic nitrogens is 2. The maximum atomic E-state index is 4.25. The molecule has 3 rings (SSSR count). The largest absolute Gasteiger partial charge is 0.309 e. The molecule has 0 aliphatic carbocycles. The van der Waals surface area contributed by atoms with E-state index in [0.717, 1.165) is 11.4 Å². The van der Waals surface area contributed by atoms with Crippen LogP contribution in [0.15, 0.2) is 48.5 Å². The molecule has 1 heterocycles. The summed E-state index contributed by atoms with van der Waals surface area (Å²) in [5, 5.41) is 14.3. The molecule has 21 heavy (non-hydrogen) atoms. The van der Waals surface area contributed by atoms with E-state index >= 15 is 0 Å². The van der Waals surface area contributed by atoms with Crippen molar-refractivity contribution in [3.8, 4) is 0 Å². The highest BCUT2D eigenvalue weighted by molar-refractivity contribution is 5.83. The first-order valence-corrected chi connectivity index (χ1v) is 7.16. The van der Waals surface area contributed by atoms with Crippen LogP contribution in [0.3, 0.4) is 0 Å². The Kier molecular flexibility index (Phi) is 3.67. The van der Waals surface area contributed by atoms with Crippen LogP contribution in [0.2, 0.25) is 0 Å². The summed E-state index contributed by atoms with van der Waals surface area (Å²) in [5.41, 5.74) is 4.33. The van der Waals surface area contributed by atoms with E-state index < -0.39 is 0 Å². The Morgan fingerprint density at radius 2 is 1.67 bits per heavy atom. The summed E-state index contributed by atoms with van der Waals surface area (Å²) >= 11 is 0. The lowest BCUT2D eigenvalue weighted by Gasteiger charge is -2.19. The molecule has 1 atom stereocenters. The lowest BCUT2D eigenvalue weighted by Crippen LogP contribution is -2.19. The molecule has 3 aromatic rings. The maximum absolute atomic E-state index is 4.25. The van der Waals surface area contributed by atoms with Gasteiger partial charge in [-0.2, -0.15) is 10.2 Å². The van der Waals surface area contributed by atoms with Gasteiger partial charge in [0, 0.05) is 0 Å². The summed E-state index contributed by atoms with van der Waals surface area (Å²) in [4.78, 5) is 0. The standard InChI is InChI=1S/C18H19N3/c1-12-10-17(13(2)21-20-12)18(19-3)16-9-8-14-6-4-5-7-15(14)11-16/h4-11,18-19H,1-3H3. The molecule has 0 saturated heterocycles. The summed E-state index contributed by atoms with van der Waals surface area (Å²) in [7, 11) is 1.98. The van der Waals surface area contributed by atoms with Gasteiger partial charge in [0.2, 0.25) is 0 Å². The first-order valence-electron chi connectivity index (χ1n) is 7.16. The Morgan fingerprint density at radius 3 is 2.43 bits per heavy atom. The third kappa shape index (κ3) is 2.65. The monoisotopic (exact) mass is 277 g/mol. The van der Waals surface area contributed by atoms with E-state index in [1.165, 1.54) is 21.9 Å². The molecule has 1 N–H and O–H groups in total. The highest BCUT2D eigenvalue weighted by Gasteiger charge is 2.16. The quantitative estimate of drug-likeness (QED) is 0.795. The molecule has 0 aliphatic rings.